The molecular weight excluding hydrogens is 277 g/mol. The Morgan fingerprint density at radius 1 is 1.50 bits per heavy atom. The molecule has 0 spiro atoms. The molecule has 1 heterocycles. The maximum atomic E-state index is 12.3. The van der Waals surface area contributed by atoms with Gasteiger partial charge in [-0.25, -0.2) is 0 Å². The highest BCUT2D eigenvalue weighted by molar-refractivity contribution is 6.35. The number of benzene rings is 1. The van der Waals surface area contributed by atoms with Gasteiger partial charge < -0.3 is 14.7 Å². The number of aliphatic hydroxyl groups excluding tert-OH is 1. The molecule has 1 aliphatic rings. The first-order valence-electron chi connectivity index (χ1n) is 5.58. The zero-order valence-electron chi connectivity index (χ0n) is 9.60. The highest BCUT2D eigenvalue weighted by atomic mass is 35.5. The number of carbonyl (C=O) groups excluding carboxylic acids is 1. The Hall–Kier alpha value is -0.810. The summed E-state index contributed by atoms with van der Waals surface area (Å²) >= 11 is 11.9. The van der Waals surface area contributed by atoms with Gasteiger partial charge in [0, 0.05) is 18.1 Å². The highest BCUT2D eigenvalue weighted by Crippen LogP contribution is 2.22. The third kappa shape index (κ3) is 2.95. The van der Waals surface area contributed by atoms with Crippen molar-refractivity contribution in [3.63, 3.8) is 0 Å². The fraction of sp³-hybridized carbons (Fsp3) is 0.417. The number of halogens is 2. The maximum Gasteiger partial charge on any atom is 0.255 e. The van der Waals surface area contributed by atoms with E-state index in [9.17, 15) is 4.79 Å². The zero-order chi connectivity index (χ0) is 13.1. The summed E-state index contributed by atoms with van der Waals surface area (Å²) in [6.45, 7) is 1.15. The molecule has 18 heavy (non-hydrogen) atoms. The number of rotatable bonds is 2. The molecule has 0 aliphatic carbocycles. The van der Waals surface area contributed by atoms with Crippen molar-refractivity contribution in [3.05, 3.63) is 33.8 Å². The van der Waals surface area contributed by atoms with Crippen LogP contribution in [0.25, 0.3) is 0 Å². The Labute approximate surface area is 115 Å². The molecule has 0 bridgehead atoms. The summed E-state index contributed by atoms with van der Waals surface area (Å²) in [7, 11) is 0. The van der Waals surface area contributed by atoms with Gasteiger partial charge in [0.15, 0.2) is 0 Å². The summed E-state index contributed by atoms with van der Waals surface area (Å²) in [6.07, 6.45) is -0.333. The summed E-state index contributed by atoms with van der Waals surface area (Å²) in [5.41, 5.74) is 0.378. The summed E-state index contributed by atoms with van der Waals surface area (Å²) < 4.78 is 5.29. The molecule has 2 rings (SSSR count). The minimum atomic E-state index is -0.333. The van der Waals surface area contributed by atoms with E-state index in [1.807, 2.05) is 0 Å². The van der Waals surface area contributed by atoms with Crippen LogP contribution in [0.2, 0.25) is 10.0 Å². The van der Waals surface area contributed by atoms with Gasteiger partial charge in [-0.3, -0.25) is 4.79 Å². The molecule has 0 aromatic heterocycles. The van der Waals surface area contributed by atoms with E-state index in [-0.39, 0.29) is 18.6 Å². The Bertz CT molecular complexity index is 453. The van der Waals surface area contributed by atoms with E-state index in [1.54, 1.807) is 23.1 Å². The predicted molar refractivity (Wildman–Crippen MR) is 69.2 cm³/mol. The van der Waals surface area contributed by atoms with Gasteiger partial charge in [-0.1, -0.05) is 23.2 Å². The van der Waals surface area contributed by atoms with Crippen molar-refractivity contribution in [2.24, 2.45) is 0 Å². The number of amides is 1. The fourth-order valence-electron chi connectivity index (χ4n) is 1.85. The lowest BCUT2D eigenvalue weighted by atomic mass is 10.1. The van der Waals surface area contributed by atoms with Gasteiger partial charge in [0.25, 0.3) is 5.91 Å². The number of morpholine rings is 1. The van der Waals surface area contributed by atoms with E-state index < -0.39 is 0 Å². The SMILES string of the molecule is O=C(c1cc(Cl)ccc1Cl)N1CCOC(CO)C1. The van der Waals surface area contributed by atoms with Crippen molar-refractivity contribution in [2.45, 2.75) is 6.10 Å². The molecule has 1 aliphatic heterocycles. The second-order valence-electron chi connectivity index (χ2n) is 4.05. The van der Waals surface area contributed by atoms with Gasteiger partial charge in [0.05, 0.1) is 29.9 Å². The molecule has 1 amide bonds. The minimum Gasteiger partial charge on any atom is -0.394 e. The normalized spacial score (nSPS) is 19.9. The number of nitrogens with zero attached hydrogens (tertiary/aromatic N) is 1. The lowest BCUT2D eigenvalue weighted by Crippen LogP contribution is -2.46. The molecule has 1 fully saturated rings. The Morgan fingerprint density at radius 3 is 3.00 bits per heavy atom. The summed E-state index contributed by atoms with van der Waals surface area (Å²) in [4.78, 5) is 13.9. The molecule has 1 saturated heterocycles. The lowest BCUT2D eigenvalue weighted by Gasteiger charge is -2.32. The van der Waals surface area contributed by atoms with Crippen LogP contribution < -0.4 is 0 Å². The molecule has 1 unspecified atom stereocenters. The fourth-order valence-corrected chi connectivity index (χ4v) is 2.22. The smallest absolute Gasteiger partial charge is 0.255 e. The van der Waals surface area contributed by atoms with Crippen LogP contribution in [0.1, 0.15) is 10.4 Å². The van der Waals surface area contributed by atoms with Crippen LogP contribution in [-0.4, -0.2) is 48.3 Å². The van der Waals surface area contributed by atoms with Crippen LogP contribution in [-0.2, 0) is 4.74 Å². The molecule has 4 nitrogen and oxygen atoms in total. The quantitative estimate of drug-likeness (QED) is 0.904. The average molecular weight is 290 g/mol. The third-order valence-electron chi connectivity index (χ3n) is 2.79. The summed E-state index contributed by atoms with van der Waals surface area (Å²) in [6, 6.07) is 4.78. The number of carbonyl (C=O) groups is 1. The maximum absolute atomic E-state index is 12.3. The van der Waals surface area contributed by atoms with Crippen molar-refractivity contribution in [1.82, 2.24) is 4.90 Å². The van der Waals surface area contributed by atoms with Crippen molar-refractivity contribution in [3.8, 4) is 0 Å². The van der Waals surface area contributed by atoms with Gasteiger partial charge in [-0.05, 0) is 18.2 Å². The third-order valence-corrected chi connectivity index (χ3v) is 3.35. The van der Waals surface area contributed by atoms with Crippen molar-refractivity contribution in [2.75, 3.05) is 26.3 Å². The Kier molecular flexibility index (Phi) is 4.45. The molecule has 1 aromatic rings. The molecule has 1 aromatic carbocycles. The molecule has 1 N–H and O–H groups in total. The standard InChI is InChI=1S/C12H13Cl2NO3/c13-8-1-2-11(14)10(5-8)12(17)15-3-4-18-9(6-15)7-16/h1-2,5,9,16H,3-4,6-7H2. The number of aliphatic hydroxyl groups is 1. The Balaban J connectivity index is 2.17. The lowest BCUT2D eigenvalue weighted by molar-refractivity contribution is -0.0447. The molecule has 6 heteroatoms. The van der Waals surface area contributed by atoms with Crippen LogP contribution in [0.5, 0.6) is 0 Å². The second kappa shape index (κ2) is 5.89. The largest absolute Gasteiger partial charge is 0.394 e. The second-order valence-corrected chi connectivity index (χ2v) is 4.89. The van der Waals surface area contributed by atoms with E-state index in [2.05, 4.69) is 0 Å². The van der Waals surface area contributed by atoms with E-state index in [0.717, 1.165) is 0 Å². The van der Waals surface area contributed by atoms with Crippen LogP contribution >= 0.6 is 23.2 Å². The van der Waals surface area contributed by atoms with Gasteiger partial charge >= 0.3 is 0 Å². The average Bonchev–Trinajstić information content (AvgIpc) is 2.41. The topological polar surface area (TPSA) is 49.8 Å². The number of hydrogen-bond acceptors (Lipinski definition) is 3. The van der Waals surface area contributed by atoms with Crippen LogP contribution in [0, 0.1) is 0 Å². The molecule has 98 valence electrons. The minimum absolute atomic E-state index is 0.104. The van der Waals surface area contributed by atoms with Gasteiger partial charge in [0.2, 0.25) is 0 Å². The van der Waals surface area contributed by atoms with E-state index in [1.165, 1.54) is 0 Å². The predicted octanol–water partition coefficient (Wildman–Crippen LogP) is 1.83. The van der Waals surface area contributed by atoms with Crippen LogP contribution in [0.4, 0.5) is 0 Å². The van der Waals surface area contributed by atoms with Crippen LogP contribution in [0.3, 0.4) is 0 Å². The highest BCUT2D eigenvalue weighted by Gasteiger charge is 2.25. The Morgan fingerprint density at radius 2 is 2.28 bits per heavy atom. The van der Waals surface area contributed by atoms with E-state index in [0.29, 0.717) is 35.3 Å². The van der Waals surface area contributed by atoms with Gasteiger partial charge in [-0.2, -0.15) is 0 Å². The number of ether oxygens (including phenoxy) is 1. The first-order valence-corrected chi connectivity index (χ1v) is 6.34. The zero-order valence-corrected chi connectivity index (χ0v) is 11.1. The van der Waals surface area contributed by atoms with Gasteiger partial charge in [0.1, 0.15) is 0 Å². The van der Waals surface area contributed by atoms with E-state index in [4.69, 9.17) is 33.0 Å². The van der Waals surface area contributed by atoms with Crippen LogP contribution in [0.15, 0.2) is 18.2 Å². The first-order chi connectivity index (χ1) is 8.61. The summed E-state index contributed by atoms with van der Waals surface area (Å²) in [5, 5.41) is 9.89. The molecule has 0 radical (unpaired) electrons. The van der Waals surface area contributed by atoms with Crippen molar-refractivity contribution < 1.29 is 14.6 Å². The first kappa shape index (κ1) is 13.6. The van der Waals surface area contributed by atoms with Crippen molar-refractivity contribution in [1.29, 1.82) is 0 Å². The molecule has 0 saturated carbocycles. The monoisotopic (exact) mass is 289 g/mol. The molecule has 1 atom stereocenters. The van der Waals surface area contributed by atoms with Gasteiger partial charge in [-0.15, -0.1) is 0 Å². The van der Waals surface area contributed by atoms with Crippen molar-refractivity contribution >= 4 is 29.1 Å². The molecular formula is C12H13Cl2NO3. The summed E-state index contributed by atoms with van der Waals surface area (Å²) in [5.74, 6) is -0.191. The van der Waals surface area contributed by atoms with E-state index >= 15 is 0 Å². The number of hydrogen-bond donors (Lipinski definition) is 1.